The zero-order chi connectivity index (χ0) is 13.0. The SMILES string of the molecule is N/C(=N/O)c1cccn(Cc2ccccn2)c1=O. The van der Waals surface area contributed by atoms with Crippen LogP contribution >= 0.6 is 0 Å². The van der Waals surface area contributed by atoms with Gasteiger partial charge >= 0.3 is 0 Å². The number of amidine groups is 1. The summed E-state index contributed by atoms with van der Waals surface area (Å²) >= 11 is 0. The summed E-state index contributed by atoms with van der Waals surface area (Å²) in [6.07, 6.45) is 3.29. The predicted octanol–water partition coefficient (Wildman–Crippen LogP) is 0.386. The molecule has 6 heteroatoms. The first kappa shape index (κ1) is 11.8. The van der Waals surface area contributed by atoms with Crippen LogP contribution in [0.2, 0.25) is 0 Å². The molecule has 92 valence electrons. The first-order valence-corrected chi connectivity index (χ1v) is 5.29. The monoisotopic (exact) mass is 244 g/mol. The second-order valence-corrected chi connectivity index (χ2v) is 3.66. The number of rotatable bonds is 3. The van der Waals surface area contributed by atoms with Crippen molar-refractivity contribution in [1.29, 1.82) is 0 Å². The topological polar surface area (TPSA) is 93.5 Å². The molecule has 0 radical (unpaired) electrons. The van der Waals surface area contributed by atoms with E-state index in [1.54, 1.807) is 24.5 Å². The maximum Gasteiger partial charge on any atom is 0.262 e. The number of aromatic nitrogens is 2. The average molecular weight is 244 g/mol. The van der Waals surface area contributed by atoms with Crippen LogP contribution in [-0.2, 0) is 6.54 Å². The standard InChI is InChI=1S/C12H12N4O2/c13-11(15-18)10-5-3-7-16(12(10)17)8-9-4-1-2-6-14-9/h1-7,18H,8H2,(H2,13,15). The third-order valence-electron chi connectivity index (χ3n) is 2.46. The van der Waals surface area contributed by atoms with Gasteiger partial charge in [0.25, 0.3) is 5.56 Å². The van der Waals surface area contributed by atoms with E-state index in [1.165, 1.54) is 10.6 Å². The Morgan fingerprint density at radius 2 is 2.22 bits per heavy atom. The van der Waals surface area contributed by atoms with Crippen molar-refractivity contribution < 1.29 is 5.21 Å². The van der Waals surface area contributed by atoms with E-state index in [0.29, 0.717) is 6.54 Å². The Bertz CT molecular complexity index is 619. The summed E-state index contributed by atoms with van der Waals surface area (Å²) in [6.45, 7) is 0.340. The smallest absolute Gasteiger partial charge is 0.262 e. The number of pyridine rings is 2. The van der Waals surface area contributed by atoms with Gasteiger partial charge in [0.05, 0.1) is 17.8 Å². The lowest BCUT2D eigenvalue weighted by Gasteiger charge is -2.06. The zero-order valence-electron chi connectivity index (χ0n) is 9.52. The van der Waals surface area contributed by atoms with Gasteiger partial charge in [0.1, 0.15) is 0 Å². The van der Waals surface area contributed by atoms with Gasteiger partial charge < -0.3 is 15.5 Å². The lowest BCUT2D eigenvalue weighted by molar-refractivity contribution is 0.318. The van der Waals surface area contributed by atoms with Crippen LogP contribution in [0.5, 0.6) is 0 Å². The molecule has 0 atom stereocenters. The van der Waals surface area contributed by atoms with Crippen molar-refractivity contribution in [2.24, 2.45) is 10.9 Å². The summed E-state index contributed by atoms with van der Waals surface area (Å²) in [6, 6.07) is 8.65. The predicted molar refractivity (Wildman–Crippen MR) is 66.6 cm³/mol. The molecule has 2 aromatic heterocycles. The summed E-state index contributed by atoms with van der Waals surface area (Å²) in [4.78, 5) is 16.2. The van der Waals surface area contributed by atoms with Crippen LogP contribution in [0.15, 0.2) is 52.7 Å². The van der Waals surface area contributed by atoms with Gasteiger partial charge in [-0.1, -0.05) is 11.2 Å². The molecule has 3 N–H and O–H groups in total. The van der Waals surface area contributed by atoms with Gasteiger partial charge in [-0.2, -0.15) is 0 Å². The molecule has 0 saturated carbocycles. The summed E-state index contributed by atoms with van der Waals surface area (Å²) in [5.74, 6) is -0.199. The number of hydrogen-bond donors (Lipinski definition) is 2. The van der Waals surface area contributed by atoms with Gasteiger partial charge in [-0.3, -0.25) is 9.78 Å². The molecule has 0 fully saturated rings. The number of nitrogens with zero attached hydrogens (tertiary/aromatic N) is 3. The number of nitrogens with two attached hydrogens (primary N) is 1. The Morgan fingerprint density at radius 3 is 2.89 bits per heavy atom. The summed E-state index contributed by atoms with van der Waals surface area (Å²) in [5, 5.41) is 11.4. The molecule has 0 aliphatic heterocycles. The van der Waals surface area contributed by atoms with E-state index in [9.17, 15) is 4.79 Å². The molecule has 0 aliphatic rings. The van der Waals surface area contributed by atoms with E-state index in [4.69, 9.17) is 10.9 Å². The fraction of sp³-hybridized carbons (Fsp3) is 0.0833. The minimum absolute atomic E-state index is 0.163. The molecular formula is C12H12N4O2. The largest absolute Gasteiger partial charge is 0.409 e. The van der Waals surface area contributed by atoms with Gasteiger partial charge in [0.2, 0.25) is 0 Å². The van der Waals surface area contributed by atoms with Crippen molar-refractivity contribution in [3.8, 4) is 0 Å². The van der Waals surface area contributed by atoms with Gasteiger partial charge in [0.15, 0.2) is 5.84 Å². The Hall–Kier alpha value is -2.63. The number of hydrogen-bond acceptors (Lipinski definition) is 4. The first-order valence-electron chi connectivity index (χ1n) is 5.29. The molecule has 6 nitrogen and oxygen atoms in total. The van der Waals surface area contributed by atoms with E-state index in [-0.39, 0.29) is 17.0 Å². The van der Waals surface area contributed by atoms with E-state index in [1.807, 2.05) is 12.1 Å². The van der Waals surface area contributed by atoms with E-state index in [2.05, 4.69) is 10.1 Å². The quantitative estimate of drug-likeness (QED) is 0.353. The highest BCUT2D eigenvalue weighted by Crippen LogP contribution is 1.98. The highest BCUT2D eigenvalue weighted by Gasteiger charge is 2.07. The summed E-state index contributed by atoms with van der Waals surface area (Å²) < 4.78 is 1.45. The van der Waals surface area contributed by atoms with Gasteiger partial charge in [-0.25, -0.2) is 0 Å². The maximum atomic E-state index is 12.0. The molecule has 0 saturated heterocycles. The lowest BCUT2D eigenvalue weighted by atomic mass is 10.2. The average Bonchev–Trinajstić information content (AvgIpc) is 2.41. The Morgan fingerprint density at radius 1 is 1.39 bits per heavy atom. The molecule has 0 unspecified atom stereocenters. The van der Waals surface area contributed by atoms with Crippen LogP contribution in [0, 0.1) is 0 Å². The van der Waals surface area contributed by atoms with Crippen molar-refractivity contribution in [3.63, 3.8) is 0 Å². The molecule has 2 heterocycles. The van der Waals surface area contributed by atoms with Crippen molar-refractivity contribution in [2.75, 3.05) is 0 Å². The molecule has 0 spiro atoms. The minimum atomic E-state index is -0.321. The van der Waals surface area contributed by atoms with E-state index >= 15 is 0 Å². The van der Waals surface area contributed by atoms with Crippen molar-refractivity contribution >= 4 is 5.84 Å². The summed E-state index contributed by atoms with van der Waals surface area (Å²) in [5.41, 5.74) is 6.03. The van der Waals surface area contributed by atoms with E-state index in [0.717, 1.165) is 5.69 Å². The highest BCUT2D eigenvalue weighted by atomic mass is 16.4. The fourth-order valence-electron chi connectivity index (χ4n) is 1.58. The van der Waals surface area contributed by atoms with Crippen LogP contribution < -0.4 is 11.3 Å². The van der Waals surface area contributed by atoms with Gasteiger partial charge in [-0.05, 0) is 24.3 Å². The molecule has 2 rings (SSSR count). The molecule has 0 amide bonds. The minimum Gasteiger partial charge on any atom is -0.409 e. The van der Waals surface area contributed by atoms with Gasteiger partial charge in [0, 0.05) is 12.4 Å². The Kier molecular flexibility index (Phi) is 3.38. The molecule has 2 aromatic rings. The van der Waals surface area contributed by atoms with Crippen LogP contribution in [0.1, 0.15) is 11.3 Å². The van der Waals surface area contributed by atoms with Gasteiger partial charge in [-0.15, -0.1) is 0 Å². The third-order valence-corrected chi connectivity index (χ3v) is 2.46. The lowest BCUT2D eigenvalue weighted by Crippen LogP contribution is -2.30. The molecule has 0 aromatic carbocycles. The fourth-order valence-corrected chi connectivity index (χ4v) is 1.58. The normalized spacial score (nSPS) is 11.4. The maximum absolute atomic E-state index is 12.0. The molecule has 18 heavy (non-hydrogen) atoms. The van der Waals surface area contributed by atoms with Crippen LogP contribution in [0.3, 0.4) is 0 Å². The Labute approximate surface area is 103 Å². The van der Waals surface area contributed by atoms with Crippen LogP contribution in [0.25, 0.3) is 0 Å². The van der Waals surface area contributed by atoms with Crippen molar-refractivity contribution in [3.05, 3.63) is 64.3 Å². The molecular weight excluding hydrogens is 232 g/mol. The van der Waals surface area contributed by atoms with Crippen LogP contribution in [-0.4, -0.2) is 20.6 Å². The zero-order valence-corrected chi connectivity index (χ0v) is 9.52. The second kappa shape index (κ2) is 5.13. The molecule has 0 aliphatic carbocycles. The first-order chi connectivity index (χ1) is 8.72. The second-order valence-electron chi connectivity index (χ2n) is 3.66. The number of oxime groups is 1. The molecule has 0 bridgehead atoms. The van der Waals surface area contributed by atoms with E-state index < -0.39 is 0 Å². The van der Waals surface area contributed by atoms with Crippen molar-refractivity contribution in [2.45, 2.75) is 6.54 Å². The third kappa shape index (κ3) is 2.37. The van der Waals surface area contributed by atoms with Crippen LogP contribution in [0.4, 0.5) is 0 Å². The van der Waals surface area contributed by atoms with Crippen molar-refractivity contribution in [1.82, 2.24) is 9.55 Å². The highest BCUT2D eigenvalue weighted by molar-refractivity contribution is 5.96. The summed E-state index contributed by atoms with van der Waals surface area (Å²) in [7, 11) is 0. The Balaban J connectivity index is 2.39.